The molecule has 4 nitrogen and oxygen atoms in total. The van der Waals surface area contributed by atoms with Crippen LogP contribution < -0.4 is 5.32 Å². The molecule has 0 aliphatic carbocycles. The van der Waals surface area contributed by atoms with E-state index in [0.29, 0.717) is 11.3 Å². The van der Waals surface area contributed by atoms with E-state index in [1.165, 1.54) is 11.6 Å². The van der Waals surface area contributed by atoms with Gasteiger partial charge < -0.3 is 10.4 Å². The van der Waals surface area contributed by atoms with Gasteiger partial charge in [-0.25, -0.2) is 4.79 Å². The molecule has 2 rings (SSSR count). The van der Waals surface area contributed by atoms with E-state index in [2.05, 4.69) is 12.2 Å². The zero-order valence-electron chi connectivity index (χ0n) is 13.4. The van der Waals surface area contributed by atoms with E-state index >= 15 is 0 Å². The lowest BCUT2D eigenvalue weighted by Gasteiger charge is -2.10. The van der Waals surface area contributed by atoms with Crippen LogP contribution in [0, 0.1) is 6.92 Å². The molecule has 23 heavy (non-hydrogen) atoms. The molecule has 120 valence electrons. The number of aromatic carboxylic acids is 1. The number of aryl methyl sites for hydroxylation is 2. The van der Waals surface area contributed by atoms with Crippen molar-refractivity contribution in [2.45, 2.75) is 33.1 Å². The Hall–Kier alpha value is -2.62. The molecule has 2 aromatic carbocycles. The van der Waals surface area contributed by atoms with Crippen molar-refractivity contribution in [2.75, 3.05) is 5.32 Å². The number of anilines is 1. The summed E-state index contributed by atoms with van der Waals surface area (Å²) in [5.74, 6) is -1.37. The first-order valence-corrected chi connectivity index (χ1v) is 7.75. The van der Waals surface area contributed by atoms with Crippen molar-refractivity contribution in [2.24, 2.45) is 0 Å². The van der Waals surface area contributed by atoms with E-state index in [9.17, 15) is 14.7 Å². The van der Waals surface area contributed by atoms with Crippen LogP contribution in [0.4, 0.5) is 5.69 Å². The number of carbonyl (C=O) groups is 2. The molecule has 0 aromatic heterocycles. The third kappa shape index (κ3) is 4.42. The largest absolute Gasteiger partial charge is 0.478 e. The molecule has 0 radical (unpaired) electrons. The van der Waals surface area contributed by atoms with E-state index in [1.54, 1.807) is 24.3 Å². The summed E-state index contributed by atoms with van der Waals surface area (Å²) in [5.41, 5.74) is 3.01. The Labute approximate surface area is 136 Å². The fourth-order valence-electron chi connectivity index (χ4n) is 2.35. The highest BCUT2D eigenvalue weighted by Gasteiger charge is 2.13. The van der Waals surface area contributed by atoms with Crippen LogP contribution in [0.1, 0.15) is 51.6 Å². The minimum absolute atomic E-state index is 0.0866. The molecule has 0 saturated heterocycles. The van der Waals surface area contributed by atoms with Crippen LogP contribution in [0.3, 0.4) is 0 Å². The van der Waals surface area contributed by atoms with Crippen LogP contribution >= 0.6 is 0 Å². The molecule has 0 unspecified atom stereocenters. The fourth-order valence-corrected chi connectivity index (χ4v) is 2.35. The Kier molecular flexibility index (Phi) is 5.52. The van der Waals surface area contributed by atoms with Gasteiger partial charge in [0.15, 0.2) is 0 Å². The molecule has 0 saturated carbocycles. The van der Waals surface area contributed by atoms with Crippen molar-refractivity contribution < 1.29 is 14.7 Å². The number of hydrogen-bond acceptors (Lipinski definition) is 2. The zero-order chi connectivity index (χ0) is 16.8. The number of carbonyl (C=O) groups excluding carboxylic acids is 1. The van der Waals surface area contributed by atoms with Crippen molar-refractivity contribution in [1.82, 2.24) is 0 Å². The zero-order valence-corrected chi connectivity index (χ0v) is 13.4. The van der Waals surface area contributed by atoms with Crippen molar-refractivity contribution in [3.63, 3.8) is 0 Å². The first-order chi connectivity index (χ1) is 11.0. The van der Waals surface area contributed by atoms with Gasteiger partial charge in [0.2, 0.25) is 0 Å². The third-order valence-corrected chi connectivity index (χ3v) is 3.69. The molecule has 0 fully saturated rings. The molecule has 0 atom stereocenters. The minimum Gasteiger partial charge on any atom is -0.478 e. The van der Waals surface area contributed by atoms with Crippen LogP contribution in [0.5, 0.6) is 0 Å². The van der Waals surface area contributed by atoms with E-state index in [0.717, 1.165) is 24.8 Å². The smallest absolute Gasteiger partial charge is 0.337 e. The Balaban J connectivity index is 2.16. The SMILES string of the molecule is CCCCc1ccc(C(=O)Nc2cc(C)ccc2C(=O)O)cc1. The maximum atomic E-state index is 12.3. The average Bonchev–Trinajstić information content (AvgIpc) is 2.53. The van der Waals surface area contributed by atoms with Gasteiger partial charge in [-0.2, -0.15) is 0 Å². The lowest BCUT2D eigenvalue weighted by atomic mass is 10.1. The van der Waals surface area contributed by atoms with Gasteiger partial charge in [0.25, 0.3) is 5.91 Å². The molecule has 0 heterocycles. The molecule has 0 aliphatic heterocycles. The van der Waals surface area contributed by atoms with E-state index in [-0.39, 0.29) is 11.5 Å². The number of benzene rings is 2. The Morgan fingerprint density at radius 1 is 1.09 bits per heavy atom. The van der Waals surface area contributed by atoms with Crippen LogP contribution in [0.15, 0.2) is 42.5 Å². The van der Waals surface area contributed by atoms with Crippen LogP contribution in [-0.4, -0.2) is 17.0 Å². The highest BCUT2D eigenvalue weighted by molar-refractivity contribution is 6.07. The second kappa shape index (κ2) is 7.58. The van der Waals surface area contributed by atoms with Gasteiger partial charge in [-0.3, -0.25) is 4.79 Å². The van der Waals surface area contributed by atoms with Gasteiger partial charge in [0.1, 0.15) is 0 Å². The van der Waals surface area contributed by atoms with Gasteiger partial charge in [-0.1, -0.05) is 31.5 Å². The Morgan fingerprint density at radius 3 is 2.39 bits per heavy atom. The lowest BCUT2D eigenvalue weighted by Crippen LogP contribution is -2.15. The van der Waals surface area contributed by atoms with Gasteiger partial charge in [0, 0.05) is 5.56 Å². The van der Waals surface area contributed by atoms with Gasteiger partial charge in [-0.15, -0.1) is 0 Å². The van der Waals surface area contributed by atoms with Crippen molar-refractivity contribution in [1.29, 1.82) is 0 Å². The summed E-state index contributed by atoms with van der Waals surface area (Å²) in [7, 11) is 0. The molecule has 4 heteroatoms. The topological polar surface area (TPSA) is 66.4 Å². The number of nitrogens with one attached hydrogen (secondary N) is 1. The van der Waals surface area contributed by atoms with Crippen molar-refractivity contribution in [3.05, 3.63) is 64.7 Å². The molecule has 2 aromatic rings. The van der Waals surface area contributed by atoms with Crippen LogP contribution in [-0.2, 0) is 6.42 Å². The van der Waals surface area contributed by atoms with Crippen LogP contribution in [0.25, 0.3) is 0 Å². The fraction of sp³-hybridized carbons (Fsp3) is 0.263. The number of amides is 1. The summed E-state index contributed by atoms with van der Waals surface area (Å²) in [6, 6.07) is 12.3. The number of rotatable bonds is 6. The highest BCUT2D eigenvalue weighted by atomic mass is 16.4. The maximum Gasteiger partial charge on any atom is 0.337 e. The molecular formula is C19H21NO3. The summed E-state index contributed by atoms with van der Waals surface area (Å²) >= 11 is 0. The first kappa shape index (κ1) is 16.7. The third-order valence-electron chi connectivity index (χ3n) is 3.69. The van der Waals surface area contributed by atoms with Gasteiger partial charge in [-0.05, 0) is 55.2 Å². The predicted molar refractivity (Wildman–Crippen MR) is 91.1 cm³/mol. The quantitative estimate of drug-likeness (QED) is 0.836. The van der Waals surface area contributed by atoms with E-state index in [1.807, 2.05) is 19.1 Å². The number of unbranched alkanes of at least 4 members (excludes halogenated alkanes) is 1. The van der Waals surface area contributed by atoms with E-state index < -0.39 is 5.97 Å². The number of carboxylic acid groups (broad SMARTS) is 1. The Morgan fingerprint density at radius 2 is 1.78 bits per heavy atom. The highest BCUT2D eigenvalue weighted by Crippen LogP contribution is 2.19. The summed E-state index contributed by atoms with van der Waals surface area (Å²) in [4.78, 5) is 23.6. The van der Waals surface area contributed by atoms with E-state index in [4.69, 9.17) is 0 Å². The molecule has 0 spiro atoms. The first-order valence-electron chi connectivity index (χ1n) is 7.75. The van der Waals surface area contributed by atoms with Crippen molar-refractivity contribution >= 4 is 17.6 Å². The summed E-state index contributed by atoms with van der Waals surface area (Å²) in [6.07, 6.45) is 3.25. The van der Waals surface area contributed by atoms with Crippen molar-refractivity contribution in [3.8, 4) is 0 Å². The minimum atomic E-state index is -1.06. The second-order valence-electron chi connectivity index (χ2n) is 5.61. The number of hydrogen-bond donors (Lipinski definition) is 2. The summed E-state index contributed by atoms with van der Waals surface area (Å²) in [5, 5.41) is 11.9. The lowest BCUT2D eigenvalue weighted by molar-refractivity contribution is 0.0698. The standard InChI is InChI=1S/C19H21NO3/c1-3-4-5-14-7-9-15(10-8-14)18(21)20-17-12-13(2)6-11-16(17)19(22)23/h6-12H,3-5H2,1-2H3,(H,20,21)(H,22,23). The van der Waals surface area contributed by atoms with Crippen LogP contribution in [0.2, 0.25) is 0 Å². The molecule has 2 N–H and O–H groups in total. The normalized spacial score (nSPS) is 10.3. The maximum absolute atomic E-state index is 12.3. The monoisotopic (exact) mass is 311 g/mol. The molecule has 0 aliphatic rings. The van der Waals surface area contributed by atoms with Gasteiger partial charge in [0.05, 0.1) is 11.3 Å². The number of carboxylic acids is 1. The predicted octanol–water partition coefficient (Wildman–Crippen LogP) is 4.29. The average molecular weight is 311 g/mol. The summed E-state index contributed by atoms with van der Waals surface area (Å²) in [6.45, 7) is 3.99. The molecule has 1 amide bonds. The summed E-state index contributed by atoms with van der Waals surface area (Å²) < 4.78 is 0. The Bertz CT molecular complexity index is 705. The second-order valence-corrected chi connectivity index (χ2v) is 5.61. The molecular weight excluding hydrogens is 290 g/mol. The molecule has 0 bridgehead atoms. The van der Waals surface area contributed by atoms with Gasteiger partial charge >= 0.3 is 5.97 Å².